The molecule has 0 spiro atoms. The van der Waals surface area contributed by atoms with Gasteiger partial charge in [-0.25, -0.2) is 17.9 Å². The Balaban J connectivity index is 1.84. The molecule has 2 aromatic rings. The molecule has 10 nitrogen and oxygen atoms in total. The summed E-state index contributed by atoms with van der Waals surface area (Å²) in [6, 6.07) is 0.491. The van der Waals surface area contributed by atoms with Gasteiger partial charge in [0.25, 0.3) is 0 Å². The maximum atomic E-state index is 13.6. The fraction of sp³-hybridized carbons (Fsp3) is 0.467. The molecule has 158 valence electrons. The van der Waals surface area contributed by atoms with E-state index in [9.17, 15) is 18.0 Å². The van der Waals surface area contributed by atoms with Crippen molar-refractivity contribution in [3.05, 3.63) is 41.0 Å². The zero-order chi connectivity index (χ0) is 21.4. The summed E-state index contributed by atoms with van der Waals surface area (Å²) >= 11 is 0. The van der Waals surface area contributed by atoms with Gasteiger partial charge in [-0.05, 0) is 35.8 Å². The number of carbonyl (C=O) groups is 1. The van der Waals surface area contributed by atoms with Crippen molar-refractivity contribution in [2.24, 2.45) is 5.73 Å². The molecule has 5 N–H and O–H groups in total. The van der Waals surface area contributed by atoms with Crippen molar-refractivity contribution < 1.29 is 32.7 Å². The monoisotopic (exact) mass is 416 g/mol. The average molecular weight is 416 g/mol. The molecular formula is C15H20BF3N6O4. The van der Waals surface area contributed by atoms with Crippen molar-refractivity contribution in [2.75, 3.05) is 6.61 Å². The second kappa shape index (κ2) is 10.9. The highest BCUT2D eigenvalue weighted by Gasteiger charge is 2.18. The van der Waals surface area contributed by atoms with Crippen LogP contribution in [0.2, 0.25) is 0 Å². The van der Waals surface area contributed by atoms with E-state index in [4.69, 9.17) is 15.8 Å². The second-order valence-corrected chi connectivity index (χ2v) is 6.13. The molecule has 1 atom stereocenters. The summed E-state index contributed by atoms with van der Waals surface area (Å²) in [5.41, 5.74) is 5.80. The first-order valence-corrected chi connectivity index (χ1v) is 8.67. The van der Waals surface area contributed by atoms with Crippen molar-refractivity contribution in [3.8, 4) is 0 Å². The van der Waals surface area contributed by atoms with Gasteiger partial charge in [-0.1, -0.05) is 0 Å². The van der Waals surface area contributed by atoms with Crippen LogP contribution < -0.4 is 11.1 Å². The van der Waals surface area contributed by atoms with Gasteiger partial charge in [-0.2, -0.15) is 0 Å². The molecule has 0 aliphatic carbocycles. The van der Waals surface area contributed by atoms with E-state index in [0.717, 1.165) is 0 Å². The minimum Gasteiger partial charge on any atom is -0.402 e. The molecule has 0 fully saturated rings. The molecule has 0 bridgehead atoms. The van der Waals surface area contributed by atoms with Crippen LogP contribution in [0.5, 0.6) is 0 Å². The third kappa shape index (κ3) is 7.09. The minimum atomic E-state index is -1.82. The van der Waals surface area contributed by atoms with Gasteiger partial charge in [-0.15, -0.1) is 5.10 Å². The Morgan fingerprint density at radius 2 is 1.97 bits per heavy atom. The lowest BCUT2D eigenvalue weighted by Crippen LogP contribution is -2.30. The van der Waals surface area contributed by atoms with Gasteiger partial charge in [0.15, 0.2) is 17.5 Å². The number of rotatable bonds is 11. The van der Waals surface area contributed by atoms with Gasteiger partial charge >= 0.3 is 7.32 Å². The van der Waals surface area contributed by atoms with E-state index in [1.54, 1.807) is 0 Å². The fourth-order valence-electron chi connectivity index (χ4n) is 2.46. The van der Waals surface area contributed by atoms with Gasteiger partial charge < -0.3 is 25.8 Å². The van der Waals surface area contributed by atoms with E-state index in [-0.39, 0.29) is 31.1 Å². The van der Waals surface area contributed by atoms with Crippen LogP contribution in [-0.2, 0) is 22.5 Å². The van der Waals surface area contributed by atoms with Crippen LogP contribution in [0.1, 0.15) is 36.7 Å². The van der Waals surface area contributed by atoms with Crippen molar-refractivity contribution in [3.63, 3.8) is 0 Å². The Kier molecular flexibility index (Phi) is 8.51. The zero-order valence-corrected chi connectivity index (χ0v) is 15.3. The number of carbonyl (C=O) groups excluding carboxylic acids is 1. The summed E-state index contributed by atoms with van der Waals surface area (Å²) in [6.45, 7) is -0.512. The lowest BCUT2D eigenvalue weighted by molar-refractivity contribution is -0.122. The smallest absolute Gasteiger partial charge is 0.402 e. The first-order chi connectivity index (χ1) is 13.8. The zero-order valence-electron chi connectivity index (χ0n) is 15.3. The SMILES string of the molecule is NC(CCCCOB(O)O)c1nnnn1CC(=O)NCc1cc(F)c(F)cc1F. The van der Waals surface area contributed by atoms with Gasteiger partial charge in [0, 0.05) is 24.8 Å². The van der Waals surface area contributed by atoms with Crippen molar-refractivity contribution in [2.45, 2.75) is 38.4 Å². The molecule has 29 heavy (non-hydrogen) atoms. The van der Waals surface area contributed by atoms with Gasteiger partial charge in [0.1, 0.15) is 12.4 Å². The number of tetrazole rings is 1. The first-order valence-electron chi connectivity index (χ1n) is 8.67. The van der Waals surface area contributed by atoms with Crippen LogP contribution in [0.25, 0.3) is 0 Å². The molecule has 0 saturated carbocycles. The Morgan fingerprint density at radius 1 is 1.24 bits per heavy atom. The summed E-state index contributed by atoms with van der Waals surface area (Å²) in [5.74, 6) is -3.85. The first kappa shape index (κ1) is 22.7. The number of nitrogens with zero attached hydrogens (tertiary/aromatic N) is 4. The molecule has 1 unspecified atom stereocenters. The molecule has 1 amide bonds. The van der Waals surface area contributed by atoms with Gasteiger partial charge in [-0.3, -0.25) is 4.79 Å². The molecule has 1 aromatic carbocycles. The maximum absolute atomic E-state index is 13.6. The summed E-state index contributed by atoms with van der Waals surface area (Å²) in [7, 11) is -1.82. The third-order valence-corrected chi connectivity index (χ3v) is 3.93. The number of unbranched alkanes of at least 4 members (excludes halogenated alkanes) is 1. The Morgan fingerprint density at radius 3 is 2.69 bits per heavy atom. The molecular weight excluding hydrogens is 396 g/mol. The fourth-order valence-corrected chi connectivity index (χ4v) is 2.46. The molecule has 0 radical (unpaired) electrons. The molecule has 1 aromatic heterocycles. The second-order valence-electron chi connectivity index (χ2n) is 6.13. The largest absolute Gasteiger partial charge is 0.633 e. The number of halogens is 3. The van der Waals surface area contributed by atoms with E-state index < -0.39 is 36.7 Å². The number of hydrogen-bond acceptors (Lipinski definition) is 8. The third-order valence-electron chi connectivity index (χ3n) is 3.93. The van der Waals surface area contributed by atoms with E-state index in [1.165, 1.54) is 4.68 Å². The lowest BCUT2D eigenvalue weighted by atomic mass is 10.1. The lowest BCUT2D eigenvalue weighted by Gasteiger charge is -2.12. The van der Waals surface area contributed by atoms with Crippen molar-refractivity contribution in [1.82, 2.24) is 25.5 Å². The van der Waals surface area contributed by atoms with Crippen LogP contribution in [-0.4, -0.2) is 50.1 Å². The van der Waals surface area contributed by atoms with Gasteiger partial charge in [0.05, 0.1) is 6.04 Å². The molecule has 0 aliphatic rings. The predicted octanol–water partition coefficient (Wildman–Crippen LogP) is -0.437. The van der Waals surface area contributed by atoms with E-state index in [1.807, 2.05) is 0 Å². The van der Waals surface area contributed by atoms with Crippen LogP contribution >= 0.6 is 0 Å². The number of nitrogens with one attached hydrogen (secondary N) is 1. The van der Waals surface area contributed by atoms with Crippen LogP contribution in [0.3, 0.4) is 0 Å². The van der Waals surface area contributed by atoms with E-state index in [0.29, 0.717) is 31.4 Å². The normalized spacial score (nSPS) is 12.1. The summed E-state index contributed by atoms with van der Waals surface area (Å²) < 4.78 is 45.5. The van der Waals surface area contributed by atoms with Crippen molar-refractivity contribution >= 4 is 13.2 Å². The highest BCUT2D eigenvalue weighted by Crippen LogP contribution is 2.15. The Bertz CT molecular complexity index is 825. The molecule has 0 saturated heterocycles. The standard InChI is InChI=1S/C15H20BF3N6O4/c17-10-6-12(19)11(18)5-9(10)7-21-14(26)8-25-15(22-23-24-25)13(20)3-1-2-4-29-16(27)28/h5-6,13,27-28H,1-4,7-8,20H2,(H,21,26). The highest BCUT2D eigenvalue weighted by molar-refractivity contribution is 6.32. The highest BCUT2D eigenvalue weighted by atomic mass is 19.2. The Labute approximate surface area is 164 Å². The van der Waals surface area contributed by atoms with E-state index in [2.05, 4.69) is 25.5 Å². The average Bonchev–Trinajstić information content (AvgIpc) is 3.11. The molecule has 2 rings (SSSR count). The van der Waals surface area contributed by atoms with Crippen LogP contribution in [0, 0.1) is 17.5 Å². The molecule has 0 aliphatic heterocycles. The van der Waals surface area contributed by atoms with Crippen molar-refractivity contribution in [1.29, 1.82) is 0 Å². The number of aromatic nitrogens is 4. The number of benzene rings is 1. The Hall–Kier alpha value is -2.55. The van der Waals surface area contributed by atoms with E-state index >= 15 is 0 Å². The van der Waals surface area contributed by atoms with Gasteiger partial charge in [0.2, 0.25) is 5.91 Å². The van der Waals surface area contributed by atoms with Crippen LogP contribution in [0.15, 0.2) is 12.1 Å². The molecule has 1 heterocycles. The predicted molar refractivity (Wildman–Crippen MR) is 92.9 cm³/mol. The summed E-state index contributed by atoms with van der Waals surface area (Å²) in [5, 5.41) is 30.5. The topological polar surface area (TPSA) is 148 Å². The summed E-state index contributed by atoms with van der Waals surface area (Å²) in [6.07, 6.45) is 1.56. The maximum Gasteiger partial charge on any atom is 0.633 e. The number of hydrogen-bond donors (Lipinski definition) is 4. The molecule has 14 heteroatoms. The van der Waals surface area contributed by atoms with Crippen LogP contribution in [0.4, 0.5) is 13.2 Å². The number of nitrogens with two attached hydrogens (primary N) is 1. The summed E-state index contributed by atoms with van der Waals surface area (Å²) in [4.78, 5) is 12.1. The minimum absolute atomic E-state index is 0.137. The quantitative estimate of drug-likeness (QED) is 0.219. The number of amides is 1.